The van der Waals surface area contributed by atoms with Crippen LogP contribution >= 0.6 is 7.92 Å². The number of rotatable bonds is 8. The molecule has 0 fully saturated rings. The molecule has 0 amide bonds. The molecular weight excluding hydrogens is 489 g/mol. The van der Waals surface area contributed by atoms with Gasteiger partial charge in [0.25, 0.3) is 0 Å². The number of allylic oxidation sites excluding steroid dienone is 12. The second kappa shape index (κ2) is 16.3. The number of para-hydroxylation sites is 1. The first-order valence-electron chi connectivity index (χ1n) is 13.9. The molecule has 2 aliphatic rings. The zero-order chi connectivity index (χ0) is 27.9. The van der Waals surface area contributed by atoms with Crippen molar-refractivity contribution in [2.75, 3.05) is 17.6 Å². The lowest BCUT2D eigenvalue weighted by Crippen LogP contribution is -2.23. The second-order valence-electron chi connectivity index (χ2n) is 9.17. The predicted octanol–water partition coefficient (Wildman–Crippen LogP) is 9.26. The minimum absolute atomic E-state index is 0.312. The Hall–Kier alpha value is -3.67. The zero-order valence-electron chi connectivity index (χ0n) is 23.7. The van der Waals surface area contributed by atoms with Gasteiger partial charge in [0.15, 0.2) is 0 Å². The smallest absolute Gasteiger partial charge is 0.0464 e. The van der Waals surface area contributed by atoms with E-state index in [2.05, 4.69) is 128 Å². The van der Waals surface area contributed by atoms with Crippen LogP contribution in [0.2, 0.25) is 0 Å². The normalized spacial score (nSPS) is 22.5. The molecule has 4 rings (SSSR count). The third kappa shape index (κ3) is 8.67. The third-order valence-corrected chi connectivity index (χ3v) is 8.50. The van der Waals surface area contributed by atoms with Gasteiger partial charge in [0.2, 0.25) is 0 Å². The molecule has 1 unspecified atom stereocenters. The van der Waals surface area contributed by atoms with E-state index in [0.29, 0.717) is 0 Å². The molecule has 1 aliphatic carbocycles. The lowest BCUT2D eigenvalue weighted by atomic mass is 9.98. The molecule has 1 N–H and O–H groups in total. The standard InChI is InChI=1S/C35H36NP.C2H6/c1-4-6-9-20-31-26-37(25-24-30-19-13-12-18-29(30)16-5-2)27-33(31)32-21-14-15-23-35(32)36-34-22-11-8-7-10-17-28(34)3;1-2/h4-6,9-24,27,36H,1-2,7-8,25-26H2,3H3;1-2H3/b9-6-,17-10-,22-11-,29-16-,30-24-,31-20+,34-28+;. The molecule has 0 saturated heterocycles. The van der Waals surface area contributed by atoms with Gasteiger partial charge in [-0.05, 0) is 71.4 Å². The van der Waals surface area contributed by atoms with Crippen molar-refractivity contribution in [1.29, 1.82) is 0 Å². The molecule has 0 spiro atoms. The van der Waals surface area contributed by atoms with E-state index >= 15 is 0 Å². The fourth-order valence-corrected chi connectivity index (χ4v) is 6.69. The van der Waals surface area contributed by atoms with Gasteiger partial charge in [-0.25, -0.2) is 0 Å². The van der Waals surface area contributed by atoms with Gasteiger partial charge in [0.05, 0.1) is 0 Å². The summed E-state index contributed by atoms with van der Waals surface area (Å²) in [7, 11) is -0.312. The maximum atomic E-state index is 3.88. The fourth-order valence-electron chi connectivity index (χ4n) is 4.55. The first-order chi connectivity index (χ1) is 19.2. The highest BCUT2D eigenvalue weighted by Gasteiger charge is 2.22. The van der Waals surface area contributed by atoms with Gasteiger partial charge < -0.3 is 5.32 Å². The van der Waals surface area contributed by atoms with Gasteiger partial charge in [-0.3, -0.25) is 0 Å². The summed E-state index contributed by atoms with van der Waals surface area (Å²) in [6.45, 7) is 13.9. The Morgan fingerprint density at radius 3 is 2.33 bits per heavy atom. The number of anilines is 1. The molecule has 2 heteroatoms. The molecule has 0 saturated carbocycles. The van der Waals surface area contributed by atoms with E-state index < -0.39 is 0 Å². The zero-order valence-corrected chi connectivity index (χ0v) is 24.6. The monoisotopic (exact) mass is 531 g/mol. The van der Waals surface area contributed by atoms with Crippen molar-refractivity contribution in [1.82, 2.24) is 0 Å². The van der Waals surface area contributed by atoms with Crippen molar-refractivity contribution >= 4 is 31.3 Å². The van der Waals surface area contributed by atoms with Crippen LogP contribution in [0.1, 0.15) is 39.2 Å². The van der Waals surface area contributed by atoms with Crippen LogP contribution in [0.15, 0.2) is 139 Å². The van der Waals surface area contributed by atoms with Crippen molar-refractivity contribution in [3.05, 3.63) is 155 Å². The van der Waals surface area contributed by atoms with Gasteiger partial charge in [-0.2, -0.15) is 0 Å². The molecule has 0 bridgehead atoms. The summed E-state index contributed by atoms with van der Waals surface area (Å²) < 4.78 is 0. The average molecular weight is 532 g/mol. The van der Waals surface area contributed by atoms with E-state index in [9.17, 15) is 0 Å². The largest absolute Gasteiger partial charge is 0.355 e. The van der Waals surface area contributed by atoms with E-state index in [1.54, 1.807) is 0 Å². The van der Waals surface area contributed by atoms with E-state index in [1.165, 1.54) is 32.7 Å². The quantitative estimate of drug-likeness (QED) is 0.264. The highest BCUT2D eigenvalue weighted by Crippen LogP contribution is 2.52. The Kier molecular flexibility index (Phi) is 12.5. The Morgan fingerprint density at radius 2 is 1.56 bits per heavy atom. The maximum absolute atomic E-state index is 3.88. The molecule has 1 heterocycles. The van der Waals surface area contributed by atoms with Gasteiger partial charge in [0.1, 0.15) is 0 Å². The van der Waals surface area contributed by atoms with Crippen LogP contribution in [0.4, 0.5) is 5.69 Å². The number of nitrogens with one attached hydrogen (secondary N) is 1. The average Bonchev–Trinajstić information content (AvgIpc) is 3.37. The molecule has 200 valence electrons. The van der Waals surface area contributed by atoms with E-state index in [4.69, 9.17) is 0 Å². The molecule has 1 aliphatic heterocycles. The summed E-state index contributed by atoms with van der Waals surface area (Å²) in [6.07, 6.45) is 27.8. The summed E-state index contributed by atoms with van der Waals surface area (Å²) in [5.41, 5.74) is 7.54. The molecule has 2 aromatic rings. The molecular formula is C37H42NP. The highest BCUT2D eigenvalue weighted by atomic mass is 31.1. The van der Waals surface area contributed by atoms with Crippen LogP contribution < -0.4 is 15.8 Å². The summed E-state index contributed by atoms with van der Waals surface area (Å²) in [5, 5.41) is 6.25. The molecule has 1 nitrogen and oxygen atoms in total. The Morgan fingerprint density at radius 1 is 0.846 bits per heavy atom. The van der Waals surface area contributed by atoms with E-state index in [1.807, 2.05) is 32.1 Å². The van der Waals surface area contributed by atoms with E-state index in [0.717, 1.165) is 36.5 Å². The van der Waals surface area contributed by atoms with Gasteiger partial charge >= 0.3 is 0 Å². The number of hydrogen-bond donors (Lipinski definition) is 1. The number of benzene rings is 2. The summed E-state index contributed by atoms with van der Waals surface area (Å²) in [4.78, 5) is 0. The molecule has 1 atom stereocenters. The van der Waals surface area contributed by atoms with Gasteiger partial charge in [-0.1, -0.05) is 144 Å². The van der Waals surface area contributed by atoms with Crippen LogP contribution in [-0.2, 0) is 0 Å². The first-order valence-corrected chi connectivity index (χ1v) is 15.7. The van der Waals surface area contributed by atoms with Gasteiger partial charge in [0, 0.05) is 16.9 Å². The van der Waals surface area contributed by atoms with Crippen LogP contribution in [0.5, 0.6) is 0 Å². The van der Waals surface area contributed by atoms with Crippen molar-refractivity contribution < 1.29 is 0 Å². The maximum Gasteiger partial charge on any atom is 0.0464 e. The van der Waals surface area contributed by atoms with Gasteiger partial charge in [-0.15, -0.1) is 0 Å². The molecule has 0 radical (unpaired) electrons. The van der Waals surface area contributed by atoms with Crippen molar-refractivity contribution in [2.24, 2.45) is 0 Å². The molecule has 39 heavy (non-hydrogen) atoms. The summed E-state index contributed by atoms with van der Waals surface area (Å²) in [5.74, 6) is 2.52. The van der Waals surface area contributed by atoms with Crippen LogP contribution in [0, 0.1) is 0 Å². The lowest BCUT2D eigenvalue weighted by molar-refractivity contribution is 1.04. The Balaban J connectivity index is 0.00000205. The number of hydrogen-bond acceptors (Lipinski definition) is 1. The minimum atomic E-state index is -0.312. The molecule has 0 aromatic heterocycles. The highest BCUT2D eigenvalue weighted by molar-refractivity contribution is 7.62. The lowest BCUT2D eigenvalue weighted by Gasteiger charge is -2.16. The molecule has 2 aromatic carbocycles. The Bertz CT molecular complexity index is 1440. The Labute approximate surface area is 237 Å². The fraction of sp³-hybridized carbons (Fsp3) is 0.189. The van der Waals surface area contributed by atoms with Crippen molar-refractivity contribution in [3.8, 4) is 0 Å². The van der Waals surface area contributed by atoms with Crippen molar-refractivity contribution in [3.63, 3.8) is 0 Å². The van der Waals surface area contributed by atoms with Crippen LogP contribution in [0.3, 0.4) is 0 Å². The topological polar surface area (TPSA) is 12.0 Å². The minimum Gasteiger partial charge on any atom is -0.355 e. The van der Waals surface area contributed by atoms with E-state index in [-0.39, 0.29) is 7.92 Å². The van der Waals surface area contributed by atoms with Crippen LogP contribution in [0.25, 0.3) is 17.7 Å². The van der Waals surface area contributed by atoms with Crippen molar-refractivity contribution in [2.45, 2.75) is 33.6 Å². The summed E-state index contributed by atoms with van der Waals surface area (Å²) >= 11 is 0. The first kappa shape index (κ1) is 29.9. The predicted molar refractivity (Wildman–Crippen MR) is 178 cm³/mol. The third-order valence-electron chi connectivity index (χ3n) is 6.48. The summed E-state index contributed by atoms with van der Waals surface area (Å²) in [6, 6.07) is 17.2. The van der Waals surface area contributed by atoms with Crippen LogP contribution in [-0.4, -0.2) is 12.3 Å². The second-order valence-corrected chi connectivity index (χ2v) is 11.3. The SMILES string of the molecule is C=C/C=C\C=C1/CP(C/C=c2/cccc/c2=C/C=C)C=C1c1ccccc1NC1=C(C)/C=C\CC/C=C\1.CC.